The lowest BCUT2D eigenvalue weighted by atomic mass is 10.2. The Morgan fingerprint density at radius 1 is 1.50 bits per heavy atom. The van der Waals surface area contributed by atoms with E-state index in [1.807, 2.05) is 12.1 Å². The second kappa shape index (κ2) is 4.62. The molecule has 1 aliphatic carbocycles. The molecule has 2 nitrogen and oxygen atoms in total. The van der Waals surface area contributed by atoms with Gasteiger partial charge in [-0.15, -0.1) is 11.3 Å². The Bertz CT molecular complexity index is 302. The zero-order chi connectivity index (χ0) is 9.97. The van der Waals surface area contributed by atoms with E-state index in [0.29, 0.717) is 0 Å². The maximum atomic E-state index is 9.59. The molecular formula is C10H14ClNOS. The van der Waals surface area contributed by atoms with Crippen molar-refractivity contribution in [2.45, 2.75) is 38.0 Å². The first kappa shape index (κ1) is 10.4. The number of hydrogen-bond donors (Lipinski definition) is 2. The molecule has 2 unspecified atom stereocenters. The molecule has 2 N–H and O–H groups in total. The van der Waals surface area contributed by atoms with Gasteiger partial charge in [0, 0.05) is 17.5 Å². The highest BCUT2D eigenvalue weighted by molar-refractivity contribution is 7.16. The summed E-state index contributed by atoms with van der Waals surface area (Å²) in [6, 6.07) is 4.21. The SMILES string of the molecule is OC1CCCC1NCc1ccc(Cl)s1. The molecule has 1 aliphatic rings. The minimum atomic E-state index is -0.162. The maximum absolute atomic E-state index is 9.59. The summed E-state index contributed by atoms with van der Waals surface area (Å²) in [5, 5.41) is 12.9. The van der Waals surface area contributed by atoms with Crippen molar-refractivity contribution < 1.29 is 5.11 Å². The largest absolute Gasteiger partial charge is 0.392 e. The first-order valence-corrected chi connectivity index (χ1v) is 6.11. The van der Waals surface area contributed by atoms with Gasteiger partial charge in [0.1, 0.15) is 0 Å². The van der Waals surface area contributed by atoms with E-state index in [2.05, 4.69) is 5.32 Å². The first-order chi connectivity index (χ1) is 6.75. The Morgan fingerprint density at radius 3 is 2.93 bits per heavy atom. The molecule has 78 valence electrons. The third-order valence-electron chi connectivity index (χ3n) is 2.65. The summed E-state index contributed by atoms with van der Waals surface area (Å²) < 4.78 is 0.828. The van der Waals surface area contributed by atoms with E-state index in [-0.39, 0.29) is 12.1 Å². The predicted octanol–water partition coefficient (Wildman–Crippen LogP) is 2.40. The number of halogens is 1. The van der Waals surface area contributed by atoms with Gasteiger partial charge in [0.15, 0.2) is 0 Å². The fourth-order valence-corrected chi connectivity index (χ4v) is 2.90. The van der Waals surface area contributed by atoms with Crippen LogP contribution in [0.15, 0.2) is 12.1 Å². The van der Waals surface area contributed by atoms with Gasteiger partial charge in [0.2, 0.25) is 0 Å². The minimum absolute atomic E-state index is 0.162. The molecule has 1 aromatic heterocycles. The Hall–Kier alpha value is -0.0900. The molecule has 0 aliphatic heterocycles. The summed E-state index contributed by atoms with van der Waals surface area (Å²) in [4.78, 5) is 1.23. The van der Waals surface area contributed by atoms with Gasteiger partial charge >= 0.3 is 0 Å². The highest BCUT2D eigenvalue weighted by Gasteiger charge is 2.24. The fourth-order valence-electron chi connectivity index (χ4n) is 1.86. The normalized spacial score (nSPS) is 27.0. The van der Waals surface area contributed by atoms with Gasteiger partial charge in [-0.25, -0.2) is 0 Å². The Labute approximate surface area is 92.9 Å². The van der Waals surface area contributed by atoms with Crippen molar-refractivity contribution in [2.75, 3.05) is 0 Å². The molecule has 14 heavy (non-hydrogen) atoms. The van der Waals surface area contributed by atoms with Crippen molar-refractivity contribution in [3.8, 4) is 0 Å². The van der Waals surface area contributed by atoms with Gasteiger partial charge in [0.05, 0.1) is 10.4 Å². The molecule has 1 saturated carbocycles. The number of rotatable bonds is 3. The molecule has 0 amide bonds. The third kappa shape index (κ3) is 2.48. The molecular weight excluding hydrogens is 218 g/mol. The van der Waals surface area contributed by atoms with Crippen LogP contribution < -0.4 is 5.32 Å². The van der Waals surface area contributed by atoms with Crippen LogP contribution in [-0.2, 0) is 6.54 Å². The van der Waals surface area contributed by atoms with Crippen molar-refractivity contribution in [3.05, 3.63) is 21.3 Å². The van der Waals surface area contributed by atoms with Crippen LogP contribution in [0.5, 0.6) is 0 Å². The number of aliphatic hydroxyl groups is 1. The minimum Gasteiger partial charge on any atom is -0.392 e. The average Bonchev–Trinajstić information content (AvgIpc) is 2.72. The van der Waals surface area contributed by atoms with Crippen LogP contribution in [0.25, 0.3) is 0 Å². The van der Waals surface area contributed by atoms with Crippen LogP contribution in [0.1, 0.15) is 24.1 Å². The molecule has 1 fully saturated rings. The maximum Gasteiger partial charge on any atom is 0.0931 e. The summed E-state index contributed by atoms with van der Waals surface area (Å²) >= 11 is 7.42. The standard InChI is InChI=1S/C10H14ClNOS/c11-10-5-4-7(14-10)6-12-8-2-1-3-9(8)13/h4-5,8-9,12-13H,1-3,6H2. The lowest BCUT2D eigenvalue weighted by Crippen LogP contribution is -2.34. The van der Waals surface area contributed by atoms with E-state index in [0.717, 1.165) is 30.1 Å². The molecule has 2 rings (SSSR count). The number of thiophene rings is 1. The second-order valence-electron chi connectivity index (χ2n) is 3.69. The van der Waals surface area contributed by atoms with Crippen LogP contribution in [0.2, 0.25) is 4.34 Å². The Kier molecular flexibility index (Phi) is 3.44. The molecule has 4 heteroatoms. The second-order valence-corrected chi connectivity index (χ2v) is 5.49. The predicted molar refractivity (Wildman–Crippen MR) is 59.8 cm³/mol. The van der Waals surface area contributed by atoms with E-state index in [1.165, 1.54) is 4.88 Å². The van der Waals surface area contributed by atoms with Crippen LogP contribution in [0, 0.1) is 0 Å². The summed E-state index contributed by atoms with van der Waals surface area (Å²) in [5.41, 5.74) is 0. The topological polar surface area (TPSA) is 32.3 Å². The molecule has 1 heterocycles. The summed E-state index contributed by atoms with van der Waals surface area (Å²) in [5.74, 6) is 0. The summed E-state index contributed by atoms with van der Waals surface area (Å²) in [6.07, 6.45) is 2.98. The Balaban J connectivity index is 1.82. The van der Waals surface area contributed by atoms with Gasteiger partial charge in [-0.3, -0.25) is 0 Å². The van der Waals surface area contributed by atoms with E-state index >= 15 is 0 Å². The van der Waals surface area contributed by atoms with E-state index in [9.17, 15) is 5.11 Å². The van der Waals surface area contributed by atoms with Crippen LogP contribution in [0.4, 0.5) is 0 Å². The quantitative estimate of drug-likeness (QED) is 0.838. The van der Waals surface area contributed by atoms with Gasteiger partial charge < -0.3 is 10.4 Å². The van der Waals surface area contributed by atoms with E-state index < -0.39 is 0 Å². The van der Waals surface area contributed by atoms with Crippen LogP contribution in [-0.4, -0.2) is 17.3 Å². The summed E-state index contributed by atoms with van der Waals surface area (Å²) in [6.45, 7) is 0.819. The Morgan fingerprint density at radius 2 is 2.36 bits per heavy atom. The molecule has 0 radical (unpaired) electrons. The van der Waals surface area contributed by atoms with Crippen molar-refractivity contribution in [1.82, 2.24) is 5.32 Å². The summed E-state index contributed by atoms with van der Waals surface area (Å²) in [7, 11) is 0. The third-order valence-corrected chi connectivity index (χ3v) is 3.88. The van der Waals surface area contributed by atoms with E-state index in [1.54, 1.807) is 11.3 Å². The zero-order valence-corrected chi connectivity index (χ0v) is 9.44. The van der Waals surface area contributed by atoms with Crippen molar-refractivity contribution >= 4 is 22.9 Å². The lowest BCUT2D eigenvalue weighted by Gasteiger charge is -2.15. The molecule has 0 saturated heterocycles. The highest BCUT2D eigenvalue weighted by Crippen LogP contribution is 2.23. The molecule has 1 aromatic rings. The highest BCUT2D eigenvalue weighted by atomic mass is 35.5. The van der Waals surface area contributed by atoms with Crippen molar-refractivity contribution in [2.24, 2.45) is 0 Å². The van der Waals surface area contributed by atoms with Gasteiger partial charge in [-0.05, 0) is 31.4 Å². The first-order valence-electron chi connectivity index (χ1n) is 4.91. The smallest absolute Gasteiger partial charge is 0.0931 e. The molecule has 2 atom stereocenters. The van der Waals surface area contributed by atoms with E-state index in [4.69, 9.17) is 11.6 Å². The van der Waals surface area contributed by atoms with Gasteiger partial charge in [-0.1, -0.05) is 11.6 Å². The van der Waals surface area contributed by atoms with Gasteiger partial charge in [0.25, 0.3) is 0 Å². The monoisotopic (exact) mass is 231 g/mol. The zero-order valence-electron chi connectivity index (χ0n) is 7.87. The molecule has 0 spiro atoms. The molecule has 0 aromatic carbocycles. The number of nitrogens with one attached hydrogen (secondary N) is 1. The van der Waals surface area contributed by atoms with Crippen molar-refractivity contribution in [1.29, 1.82) is 0 Å². The number of aliphatic hydroxyl groups excluding tert-OH is 1. The lowest BCUT2D eigenvalue weighted by molar-refractivity contribution is 0.149. The molecule has 0 bridgehead atoms. The van der Waals surface area contributed by atoms with Crippen LogP contribution in [0.3, 0.4) is 0 Å². The van der Waals surface area contributed by atoms with Crippen LogP contribution >= 0.6 is 22.9 Å². The average molecular weight is 232 g/mol. The van der Waals surface area contributed by atoms with Gasteiger partial charge in [-0.2, -0.15) is 0 Å². The number of hydrogen-bond acceptors (Lipinski definition) is 3. The van der Waals surface area contributed by atoms with Crippen molar-refractivity contribution in [3.63, 3.8) is 0 Å². The fraction of sp³-hybridized carbons (Fsp3) is 0.600.